The lowest BCUT2D eigenvalue weighted by atomic mass is 10.1. The molecule has 1 aliphatic heterocycles. The highest BCUT2D eigenvalue weighted by Crippen LogP contribution is 2.28. The van der Waals surface area contributed by atoms with Gasteiger partial charge in [-0.25, -0.2) is 8.42 Å². The minimum absolute atomic E-state index is 0.209. The van der Waals surface area contributed by atoms with Crippen molar-refractivity contribution in [3.63, 3.8) is 0 Å². The van der Waals surface area contributed by atoms with Crippen molar-refractivity contribution in [3.8, 4) is 0 Å². The molecule has 1 aliphatic rings. The van der Waals surface area contributed by atoms with E-state index in [1.807, 2.05) is 24.3 Å². The second kappa shape index (κ2) is 7.27. The van der Waals surface area contributed by atoms with E-state index in [0.717, 1.165) is 37.1 Å². The lowest BCUT2D eigenvalue weighted by molar-refractivity contribution is 0.565. The Kier molecular flexibility index (Phi) is 5.65. The maximum atomic E-state index is 12.6. The SMILES string of the molecule is CC(C)NCCCS(=O)(=O)N1CCCCc2ccccc21. The third kappa shape index (κ3) is 4.45. The van der Waals surface area contributed by atoms with Crippen molar-refractivity contribution in [1.82, 2.24) is 5.32 Å². The van der Waals surface area contributed by atoms with E-state index >= 15 is 0 Å². The van der Waals surface area contributed by atoms with Gasteiger partial charge in [0.05, 0.1) is 11.4 Å². The van der Waals surface area contributed by atoms with Crippen LogP contribution in [0.5, 0.6) is 0 Å². The number of para-hydroxylation sites is 1. The van der Waals surface area contributed by atoms with Crippen LogP contribution in [-0.2, 0) is 16.4 Å². The average molecular weight is 310 g/mol. The zero-order chi connectivity index (χ0) is 15.3. The molecular weight excluding hydrogens is 284 g/mol. The van der Waals surface area contributed by atoms with Gasteiger partial charge in [0.15, 0.2) is 0 Å². The van der Waals surface area contributed by atoms with E-state index in [0.29, 0.717) is 19.0 Å². The molecule has 118 valence electrons. The summed E-state index contributed by atoms with van der Waals surface area (Å²) >= 11 is 0. The first-order valence-electron chi connectivity index (χ1n) is 7.82. The van der Waals surface area contributed by atoms with Gasteiger partial charge in [0.1, 0.15) is 0 Å². The maximum absolute atomic E-state index is 12.6. The van der Waals surface area contributed by atoms with Crippen LogP contribution >= 0.6 is 0 Å². The average Bonchev–Trinajstić information content (AvgIpc) is 2.66. The van der Waals surface area contributed by atoms with Gasteiger partial charge in [-0.1, -0.05) is 32.0 Å². The van der Waals surface area contributed by atoms with Gasteiger partial charge in [0.25, 0.3) is 0 Å². The number of aryl methyl sites for hydroxylation is 1. The molecule has 0 atom stereocenters. The molecule has 5 heteroatoms. The fourth-order valence-electron chi connectivity index (χ4n) is 2.70. The predicted molar refractivity (Wildman–Crippen MR) is 88.3 cm³/mol. The molecule has 4 nitrogen and oxygen atoms in total. The Morgan fingerprint density at radius 1 is 1.24 bits per heavy atom. The van der Waals surface area contributed by atoms with E-state index in [-0.39, 0.29) is 5.75 Å². The molecule has 1 N–H and O–H groups in total. The Hall–Kier alpha value is -1.07. The number of hydrogen-bond acceptors (Lipinski definition) is 3. The molecule has 0 radical (unpaired) electrons. The molecule has 0 fully saturated rings. The molecule has 1 aromatic carbocycles. The van der Waals surface area contributed by atoms with Crippen LogP contribution in [0.3, 0.4) is 0 Å². The molecule has 0 aromatic heterocycles. The number of nitrogens with zero attached hydrogens (tertiary/aromatic N) is 1. The van der Waals surface area contributed by atoms with Gasteiger partial charge < -0.3 is 5.32 Å². The van der Waals surface area contributed by atoms with Crippen LogP contribution < -0.4 is 9.62 Å². The number of rotatable bonds is 6. The fourth-order valence-corrected chi connectivity index (χ4v) is 4.32. The predicted octanol–water partition coefficient (Wildman–Crippen LogP) is 2.55. The first-order chi connectivity index (χ1) is 10.0. The molecule has 1 aromatic rings. The van der Waals surface area contributed by atoms with E-state index in [1.54, 1.807) is 4.31 Å². The molecule has 0 saturated carbocycles. The Labute approximate surface area is 128 Å². The van der Waals surface area contributed by atoms with Crippen molar-refractivity contribution >= 4 is 15.7 Å². The molecule has 0 bridgehead atoms. The Balaban J connectivity index is 2.08. The molecule has 0 amide bonds. The van der Waals surface area contributed by atoms with Crippen LogP contribution in [0.4, 0.5) is 5.69 Å². The van der Waals surface area contributed by atoms with Gasteiger partial charge in [-0.15, -0.1) is 0 Å². The van der Waals surface area contributed by atoms with Crippen molar-refractivity contribution in [2.75, 3.05) is 23.1 Å². The maximum Gasteiger partial charge on any atom is 0.235 e. The summed E-state index contributed by atoms with van der Waals surface area (Å²) in [7, 11) is -3.22. The standard InChI is InChI=1S/C16H26N2O2S/c1-14(2)17-11-7-13-21(19,20)18-12-6-5-9-15-8-3-4-10-16(15)18/h3-4,8,10,14,17H,5-7,9,11-13H2,1-2H3. The molecule has 0 unspecified atom stereocenters. The third-order valence-corrected chi connectivity index (χ3v) is 5.64. The van der Waals surface area contributed by atoms with Crippen molar-refractivity contribution in [2.24, 2.45) is 0 Å². The number of anilines is 1. The normalized spacial score (nSPS) is 15.9. The van der Waals surface area contributed by atoms with Crippen molar-refractivity contribution in [1.29, 1.82) is 0 Å². The number of fused-ring (bicyclic) bond motifs is 1. The van der Waals surface area contributed by atoms with Gasteiger partial charge in [-0.3, -0.25) is 4.31 Å². The van der Waals surface area contributed by atoms with Crippen molar-refractivity contribution in [2.45, 2.75) is 45.6 Å². The summed E-state index contributed by atoms with van der Waals surface area (Å²) in [4.78, 5) is 0. The van der Waals surface area contributed by atoms with Gasteiger partial charge >= 0.3 is 0 Å². The molecule has 0 aliphatic carbocycles. The van der Waals surface area contributed by atoms with Crippen LogP contribution in [0.2, 0.25) is 0 Å². The largest absolute Gasteiger partial charge is 0.314 e. The van der Waals surface area contributed by atoms with Gasteiger partial charge in [-0.05, 0) is 43.9 Å². The van der Waals surface area contributed by atoms with Gasteiger partial charge in [0, 0.05) is 12.6 Å². The molecule has 0 spiro atoms. The Morgan fingerprint density at radius 2 is 2.00 bits per heavy atom. The second-order valence-corrected chi connectivity index (χ2v) is 7.95. The smallest absolute Gasteiger partial charge is 0.235 e. The van der Waals surface area contributed by atoms with E-state index in [4.69, 9.17) is 0 Å². The summed E-state index contributed by atoms with van der Waals surface area (Å²) in [5.41, 5.74) is 2.03. The number of benzene rings is 1. The highest BCUT2D eigenvalue weighted by molar-refractivity contribution is 7.92. The minimum atomic E-state index is -3.22. The molecular formula is C16H26N2O2S. The fraction of sp³-hybridized carbons (Fsp3) is 0.625. The monoisotopic (exact) mass is 310 g/mol. The summed E-state index contributed by atoms with van der Waals surface area (Å²) in [6, 6.07) is 8.29. The Bertz CT molecular complexity index is 555. The van der Waals surface area contributed by atoms with E-state index in [1.165, 1.54) is 0 Å². The van der Waals surface area contributed by atoms with E-state index < -0.39 is 10.0 Å². The summed E-state index contributed by atoms with van der Waals surface area (Å²) in [6.07, 6.45) is 3.60. The first kappa shape index (κ1) is 16.3. The lowest BCUT2D eigenvalue weighted by Crippen LogP contribution is -2.35. The van der Waals surface area contributed by atoms with Crippen LogP contribution in [0.1, 0.15) is 38.7 Å². The van der Waals surface area contributed by atoms with Crippen molar-refractivity contribution < 1.29 is 8.42 Å². The van der Waals surface area contributed by atoms with E-state index in [2.05, 4.69) is 19.2 Å². The molecule has 1 heterocycles. The molecule has 2 rings (SSSR count). The highest BCUT2D eigenvalue weighted by Gasteiger charge is 2.25. The zero-order valence-electron chi connectivity index (χ0n) is 13.0. The summed E-state index contributed by atoms with van der Waals surface area (Å²) in [6.45, 7) is 5.49. The number of nitrogens with one attached hydrogen (secondary N) is 1. The summed E-state index contributed by atoms with van der Waals surface area (Å²) in [5, 5.41) is 3.27. The Morgan fingerprint density at radius 3 is 2.76 bits per heavy atom. The van der Waals surface area contributed by atoms with Gasteiger partial charge in [0.2, 0.25) is 10.0 Å². The lowest BCUT2D eigenvalue weighted by Gasteiger charge is -2.24. The third-order valence-electron chi connectivity index (χ3n) is 3.79. The van der Waals surface area contributed by atoms with Gasteiger partial charge in [-0.2, -0.15) is 0 Å². The first-order valence-corrected chi connectivity index (χ1v) is 9.43. The summed E-state index contributed by atoms with van der Waals surface area (Å²) < 4.78 is 26.9. The molecule has 21 heavy (non-hydrogen) atoms. The van der Waals surface area contributed by atoms with Crippen LogP contribution in [-0.4, -0.2) is 33.3 Å². The minimum Gasteiger partial charge on any atom is -0.314 e. The van der Waals surface area contributed by atoms with Crippen molar-refractivity contribution in [3.05, 3.63) is 29.8 Å². The highest BCUT2D eigenvalue weighted by atomic mass is 32.2. The summed E-state index contributed by atoms with van der Waals surface area (Å²) in [5.74, 6) is 0.209. The second-order valence-electron chi connectivity index (χ2n) is 5.94. The number of sulfonamides is 1. The molecule has 0 saturated heterocycles. The van der Waals surface area contributed by atoms with Crippen LogP contribution in [0.15, 0.2) is 24.3 Å². The topological polar surface area (TPSA) is 49.4 Å². The van der Waals surface area contributed by atoms with Crippen LogP contribution in [0, 0.1) is 0 Å². The van der Waals surface area contributed by atoms with Crippen LogP contribution in [0.25, 0.3) is 0 Å². The quantitative estimate of drug-likeness (QED) is 0.822. The van der Waals surface area contributed by atoms with E-state index in [9.17, 15) is 8.42 Å². The zero-order valence-corrected chi connectivity index (χ0v) is 13.8. The number of hydrogen-bond donors (Lipinski definition) is 1.